The highest BCUT2D eigenvalue weighted by Crippen LogP contribution is 2.28. The maximum Gasteiger partial charge on any atom is 0.324 e. The second-order valence-electron chi connectivity index (χ2n) is 6.93. The average Bonchev–Trinajstić information content (AvgIpc) is 3.05. The predicted octanol–water partition coefficient (Wildman–Crippen LogP) is 2.31. The molecule has 6 nitrogen and oxygen atoms in total. The molecule has 150 valence electrons. The molecule has 0 amide bonds. The van der Waals surface area contributed by atoms with Crippen LogP contribution < -0.4 is 0 Å². The van der Waals surface area contributed by atoms with Crippen molar-refractivity contribution in [3.63, 3.8) is 0 Å². The number of rotatable bonds is 5. The molecule has 28 heavy (non-hydrogen) atoms. The minimum absolute atomic E-state index is 0.0524. The van der Waals surface area contributed by atoms with Gasteiger partial charge in [0.25, 0.3) is 0 Å². The van der Waals surface area contributed by atoms with Gasteiger partial charge in [-0.15, -0.1) is 0 Å². The van der Waals surface area contributed by atoms with Crippen molar-refractivity contribution in [3.05, 3.63) is 65.0 Å². The van der Waals surface area contributed by atoms with E-state index in [1.165, 1.54) is 30.3 Å². The summed E-state index contributed by atoms with van der Waals surface area (Å²) in [6, 6.07) is 9.41. The van der Waals surface area contributed by atoms with Crippen LogP contribution in [-0.4, -0.2) is 42.5 Å². The van der Waals surface area contributed by atoms with Gasteiger partial charge in [0.2, 0.25) is 10.0 Å². The van der Waals surface area contributed by atoms with Crippen LogP contribution in [0.1, 0.15) is 23.1 Å². The Morgan fingerprint density at radius 3 is 2.61 bits per heavy atom. The predicted molar refractivity (Wildman–Crippen MR) is 100 cm³/mol. The Morgan fingerprint density at radius 1 is 1.21 bits per heavy atom. The van der Waals surface area contributed by atoms with E-state index in [0.717, 1.165) is 15.4 Å². The summed E-state index contributed by atoms with van der Waals surface area (Å²) in [4.78, 5) is 12.6. The van der Waals surface area contributed by atoms with E-state index in [2.05, 4.69) is 0 Å². The summed E-state index contributed by atoms with van der Waals surface area (Å²) in [5.74, 6) is -1.33. The minimum atomic E-state index is -4.00. The van der Waals surface area contributed by atoms with Gasteiger partial charge in [-0.25, -0.2) is 12.8 Å². The molecule has 1 fully saturated rings. The highest BCUT2D eigenvalue weighted by molar-refractivity contribution is 7.89. The first-order chi connectivity index (χ1) is 13.2. The molecular formula is C20H22FNO5S. The summed E-state index contributed by atoms with van der Waals surface area (Å²) in [6.45, 7) is 3.16. The maximum atomic E-state index is 13.7. The van der Waals surface area contributed by atoms with Gasteiger partial charge in [0, 0.05) is 18.5 Å². The SMILES string of the molecule is Cc1ccc(S(=O)(=O)N2CC(O)CC2C(=O)OCc2ccccc2F)cc1C. The lowest BCUT2D eigenvalue weighted by Gasteiger charge is -2.23. The van der Waals surface area contributed by atoms with E-state index in [4.69, 9.17) is 4.74 Å². The van der Waals surface area contributed by atoms with Crippen LogP contribution in [0.2, 0.25) is 0 Å². The Balaban J connectivity index is 1.81. The number of nitrogens with zero attached hydrogens (tertiary/aromatic N) is 1. The lowest BCUT2D eigenvalue weighted by Crippen LogP contribution is -2.41. The van der Waals surface area contributed by atoms with Crippen LogP contribution in [0.5, 0.6) is 0 Å². The van der Waals surface area contributed by atoms with Gasteiger partial charge in [-0.05, 0) is 43.2 Å². The normalized spacial score (nSPS) is 20.3. The number of aliphatic hydroxyl groups is 1. The molecule has 3 rings (SSSR count). The Bertz CT molecular complexity index is 992. The number of esters is 1. The number of hydrogen-bond donors (Lipinski definition) is 1. The summed E-state index contributed by atoms with van der Waals surface area (Å²) in [5, 5.41) is 9.98. The van der Waals surface area contributed by atoms with Crippen LogP contribution in [0.15, 0.2) is 47.4 Å². The number of benzene rings is 2. The molecule has 8 heteroatoms. The van der Waals surface area contributed by atoms with Crippen molar-refractivity contribution in [2.45, 2.75) is 43.9 Å². The third-order valence-corrected chi connectivity index (χ3v) is 6.79. The highest BCUT2D eigenvalue weighted by Gasteiger charge is 2.44. The fourth-order valence-corrected chi connectivity index (χ4v) is 4.85. The number of halogens is 1. The molecule has 2 aromatic carbocycles. The lowest BCUT2D eigenvalue weighted by molar-refractivity contribution is -0.149. The van der Waals surface area contributed by atoms with E-state index < -0.39 is 34.0 Å². The van der Waals surface area contributed by atoms with Gasteiger partial charge in [-0.3, -0.25) is 4.79 Å². The van der Waals surface area contributed by atoms with Crippen LogP contribution >= 0.6 is 0 Å². The summed E-state index contributed by atoms with van der Waals surface area (Å²) >= 11 is 0. The number of aryl methyl sites for hydroxylation is 2. The molecule has 0 aliphatic carbocycles. The maximum absolute atomic E-state index is 13.7. The minimum Gasteiger partial charge on any atom is -0.460 e. The molecule has 0 saturated carbocycles. The molecule has 0 aromatic heterocycles. The van der Waals surface area contributed by atoms with Gasteiger partial charge in [0.05, 0.1) is 11.0 Å². The number of β-amino-alcohol motifs (C(OH)–C–C–N with tert-alkyl or cyclic N) is 1. The fourth-order valence-electron chi connectivity index (χ4n) is 3.13. The topological polar surface area (TPSA) is 83.9 Å². The molecule has 2 unspecified atom stereocenters. The van der Waals surface area contributed by atoms with Crippen LogP contribution in [0.3, 0.4) is 0 Å². The Morgan fingerprint density at radius 2 is 1.93 bits per heavy atom. The van der Waals surface area contributed by atoms with Gasteiger partial charge in [-0.2, -0.15) is 4.31 Å². The van der Waals surface area contributed by atoms with Crippen molar-refractivity contribution in [1.29, 1.82) is 0 Å². The summed E-state index contributed by atoms with van der Waals surface area (Å²) in [7, 11) is -4.00. The van der Waals surface area contributed by atoms with Crippen molar-refractivity contribution >= 4 is 16.0 Å². The second-order valence-corrected chi connectivity index (χ2v) is 8.82. The lowest BCUT2D eigenvalue weighted by atomic mass is 10.1. The first-order valence-electron chi connectivity index (χ1n) is 8.87. The zero-order chi connectivity index (χ0) is 20.5. The Kier molecular flexibility index (Phi) is 5.83. The molecule has 0 radical (unpaired) electrons. The van der Waals surface area contributed by atoms with Gasteiger partial charge >= 0.3 is 5.97 Å². The largest absolute Gasteiger partial charge is 0.460 e. The average molecular weight is 407 g/mol. The van der Waals surface area contributed by atoms with E-state index in [1.54, 1.807) is 19.1 Å². The van der Waals surface area contributed by atoms with Crippen molar-refractivity contribution in [1.82, 2.24) is 4.31 Å². The second kappa shape index (κ2) is 7.98. The van der Waals surface area contributed by atoms with Crippen molar-refractivity contribution in [2.24, 2.45) is 0 Å². The standard InChI is InChI=1S/C20H22FNO5S/c1-13-7-8-17(9-14(13)2)28(25,26)22-11-16(23)10-19(22)20(24)27-12-15-5-3-4-6-18(15)21/h3-9,16,19,23H,10-12H2,1-2H3. The van der Waals surface area contributed by atoms with E-state index in [-0.39, 0.29) is 30.0 Å². The molecular weight excluding hydrogens is 385 g/mol. The highest BCUT2D eigenvalue weighted by atomic mass is 32.2. The first-order valence-corrected chi connectivity index (χ1v) is 10.3. The quantitative estimate of drug-likeness (QED) is 0.769. The van der Waals surface area contributed by atoms with Gasteiger partial charge in [-0.1, -0.05) is 24.3 Å². The fraction of sp³-hybridized carbons (Fsp3) is 0.350. The summed E-state index contributed by atoms with van der Waals surface area (Å²) in [5.41, 5.74) is 1.94. The number of hydrogen-bond acceptors (Lipinski definition) is 5. The molecule has 1 N–H and O–H groups in total. The van der Waals surface area contributed by atoms with Crippen molar-refractivity contribution < 1.29 is 27.4 Å². The van der Waals surface area contributed by atoms with Crippen LogP contribution in [0.4, 0.5) is 4.39 Å². The smallest absolute Gasteiger partial charge is 0.324 e. The number of aliphatic hydroxyl groups excluding tert-OH is 1. The van der Waals surface area contributed by atoms with Gasteiger partial charge in [0.15, 0.2) is 0 Å². The third-order valence-electron chi connectivity index (χ3n) is 4.92. The Labute approximate surface area is 163 Å². The number of sulfonamides is 1. The first kappa shape index (κ1) is 20.4. The molecule has 2 aromatic rings. The molecule has 1 saturated heterocycles. The van der Waals surface area contributed by atoms with Crippen LogP contribution in [0, 0.1) is 19.7 Å². The van der Waals surface area contributed by atoms with Gasteiger partial charge in [0.1, 0.15) is 18.5 Å². The molecule has 0 spiro atoms. The third kappa shape index (κ3) is 4.09. The zero-order valence-corrected chi connectivity index (χ0v) is 16.4. The number of ether oxygens (including phenoxy) is 1. The summed E-state index contributed by atoms with van der Waals surface area (Å²) in [6.07, 6.45) is -1.05. The Hall–Kier alpha value is -2.29. The molecule has 1 aliphatic rings. The van der Waals surface area contributed by atoms with Crippen LogP contribution in [-0.2, 0) is 26.2 Å². The van der Waals surface area contributed by atoms with Crippen molar-refractivity contribution in [3.8, 4) is 0 Å². The monoisotopic (exact) mass is 407 g/mol. The molecule has 2 atom stereocenters. The molecule has 1 aliphatic heterocycles. The molecule has 1 heterocycles. The zero-order valence-electron chi connectivity index (χ0n) is 15.6. The number of carbonyl (C=O) groups excluding carboxylic acids is 1. The van der Waals surface area contributed by atoms with Gasteiger partial charge < -0.3 is 9.84 Å². The van der Waals surface area contributed by atoms with E-state index in [0.29, 0.717) is 0 Å². The number of carbonyl (C=O) groups is 1. The molecule has 0 bridgehead atoms. The van der Waals surface area contributed by atoms with Crippen molar-refractivity contribution in [2.75, 3.05) is 6.54 Å². The van der Waals surface area contributed by atoms with E-state index >= 15 is 0 Å². The van der Waals surface area contributed by atoms with E-state index in [1.807, 2.05) is 6.92 Å². The van der Waals surface area contributed by atoms with Crippen LogP contribution in [0.25, 0.3) is 0 Å². The summed E-state index contributed by atoms with van der Waals surface area (Å²) < 4.78 is 45.9. The van der Waals surface area contributed by atoms with E-state index in [9.17, 15) is 22.7 Å².